The van der Waals surface area contributed by atoms with Crippen molar-refractivity contribution < 1.29 is 18.8 Å². The van der Waals surface area contributed by atoms with Gasteiger partial charge < -0.3 is 14.0 Å². The Morgan fingerprint density at radius 2 is 1.87 bits per heavy atom. The van der Waals surface area contributed by atoms with Crippen LogP contribution in [0.5, 0.6) is 5.75 Å². The molecular formula is C18H26O4Si. The summed E-state index contributed by atoms with van der Waals surface area (Å²) in [7, 11) is -2.14. The highest BCUT2D eigenvalue weighted by molar-refractivity contribution is 6.75. The molecule has 0 radical (unpaired) electrons. The van der Waals surface area contributed by atoms with E-state index in [1.807, 2.05) is 43.2 Å². The van der Waals surface area contributed by atoms with E-state index >= 15 is 0 Å². The van der Waals surface area contributed by atoms with Gasteiger partial charge in [0.15, 0.2) is 8.32 Å². The summed E-state index contributed by atoms with van der Waals surface area (Å²) in [5.74, 6) is 2.69. The lowest BCUT2D eigenvalue weighted by Gasteiger charge is -2.32. The lowest BCUT2D eigenvalue weighted by atomic mass is 10.1. The SMILES string of the molecule is CCC(O[Si](CC)(CC)CC=O)C(=C=O)COc1ccccc1. The quantitative estimate of drug-likeness (QED) is 0.351. The maximum Gasteiger partial charge on any atom is 0.200 e. The molecule has 0 fully saturated rings. The number of para-hydroxylation sites is 1. The molecule has 0 N–H and O–H groups in total. The van der Waals surface area contributed by atoms with Gasteiger partial charge in [-0.25, -0.2) is 4.79 Å². The monoisotopic (exact) mass is 334 g/mol. The molecule has 0 saturated heterocycles. The molecule has 0 heterocycles. The van der Waals surface area contributed by atoms with Gasteiger partial charge in [-0.05, 0) is 30.6 Å². The second-order valence-electron chi connectivity index (χ2n) is 5.50. The Morgan fingerprint density at radius 1 is 1.22 bits per heavy atom. The summed E-state index contributed by atoms with van der Waals surface area (Å²) in [6.45, 7) is 6.23. The van der Waals surface area contributed by atoms with Crippen LogP contribution in [0.3, 0.4) is 0 Å². The Kier molecular flexibility index (Phi) is 8.55. The van der Waals surface area contributed by atoms with Crippen LogP contribution in [0.4, 0.5) is 0 Å². The third-order valence-corrected chi connectivity index (χ3v) is 8.44. The zero-order valence-electron chi connectivity index (χ0n) is 14.2. The summed E-state index contributed by atoms with van der Waals surface area (Å²) in [5, 5.41) is 0. The fourth-order valence-electron chi connectivity index (χ4n) is 2.47. The summed E-state index contributed by atoms with van der Waals surface area (Å²) < 4.78 is 11.9. The van der Waals surface area contributed by atoms with Crippen LogP contribution in [0.1, 0.15) is 27.2 Å². The van der Waals surface area contributed by atoms with Crippen LogP contribution in [0, 0.1) is 0 Å². The van der Waals surface area contributed by atoms with Gasteiger partial charge in [0.25, 0.3) is 0 Å². The molecule has 126 valence electrons. The predicted molar refractivity (Wildman–Crippen MR) is 93.9 cm³/mol. The second-order valence-corrected chi connectivity index (χ2v) is 9.93. The van der Waals surface area contributed by atoms with E-state index in [0.717, 1.165) is 18.4 Å². The smallest absolute Gasteiger partial charge is 0.200 e. The summed E-state index contributed by atoms with van der Waals surface area (Å²) in [5.41, 5.74) is 0.473. The van der Waals surface area contributed by atoms with Crippen molar-refractivity contribution in [3.05, 3.63) is 35.9 Å². The van der Waals surface area contributed by atoms with E-state index in [4.69, 9.17) is 9.16 Å². The molecule has 1 aromatic rings. The van der Waals surface area contributed by atoms with Crippen molar-refractivity contribution >= 4 is 20.5 Å². The molecule has 0 bridgehead atoms. The van der Waals surface area contributed by atoms with Crippen molar-refractivity contribution in [1.82, 2.24) is 0 Å². The Morgan fingerprint density at radius 3 is 2.35 bits per heavy atom. The molecule has 1 rings (SSSR count). The van der Waals surface area contributed by atoms with Crippen molar-refractivity contribution in [3.63, 3.8) is 0 Å². The van der Waals surface area contributed by atoms with Gasteiger partial charge >= 0.3 is 0 Å². The number of aldehydes is 1. The maximum atomic E-state index is 11.4. The average Bonchev–Trinajstić information content (AvgIpc) is 2.61. The average molecular weight is 334 g/mol. The molecule has 1 aromatic carbocycles. The second kappa shape index (κ2) is 10.2. The molecule has 0 aliphatic rings. The van der Waals surface area contributed by atoms with Gasteiger partial charge in [0.2, 0.25) is 0 Å². The molecule has 5 heteroatoms. The Balaban J connectivity index is 2.80. The number of carbonyl (C=O) groups excluding carboxylic acids is 2. The lowest BCUT2D eigenvalue weighted by Crippen LogP contribution is -2.42. The fourth-order valence-corrected chi connectivity index (χ4v) is 5.20. The molecule has 0 aromatic heterocycles. The Bertz CT molecular complexity index is 519. The molecular weight excluding hydrogens is 308 g/mol. The van der Waals surface area contributed by atoms with Crippen LogP contribution in [0.25, 0.3) is 0 Å². The minimum Gasteiger partial charge on any atom is -0.488 e. The van der Waals surface area contributed by atoms with Crippen LogP contribution in [-0.4, -0.2) is 33.3 Å². The van der Waals surface area contributed by atoms with Crippen molar-refractivity contribution in [2.45, 2.75) is 51.4 Å². The number of hydrogen-bond donors (Lipinski definition) is 0. The van der Waals surface area contributed by atoms with E-state index in [1.165, 1.54) is 0 Å². The summed E-state index contributed by atoms with van der Waals surface area (Å²) in [4.78, 5) is 22.4. The van der Waals surface area contributed by atoms with Crippen LogP contribution < -0.4 is 4.74 Å². The minimum atomic E-state index is -2.14. The number of ether oxygens (including phenoxy) is 1. The van der Waals surface area contributed by atoms with Crippen LogP contribution in [-0.2, 0) is 14.0 Å². The minimum absolute atomic E-state index is 0.158. The standard InChI is InChI=1S/C18H26O4Si/c1-4-18(22-23(5-2,6-3)13-12-19)16(14-20)15-21-17-10-8-7-9-11-17/h7-12,18H,4-6,13,15H2,1-3H3. The van der Waals surface area contributed by atoms with Gasteiger partial charge in [0.05, 0.1) is 11.7 Å². The van der Waals surface area contributed by atoms with Crippen LogP contribution in [0.2, 0.25) is 18.1 Å². The molecule has 4 nitrogen and oxygen atoms in total. The Labute approximate surface area is 139 Å². The summed E-state index contributed by atoms with van der Waals surface area (Å²) in [6, 6.07) is 11.5. The van der Waals surface area contributed by atoms with Gasteiger partial charge in [-0.15, -0.1) is 0 Å². The van der Waals surface area contributed by atoms with E-state index in [0.29, 0.717) is 23.8 Å². The van der Waals surface area contributed by atoms with E-state index in [1.54, 1.807) is 0 Å². The predicted octanol–water partition coefficient (Wildman–Crippen LogP) is 3.80. The molecule has 0 saturated carbocycles. The molecule has 23 heavy (non-hydrogen) atoms. The first-order valence-corrected chi connectivity index (χ1v) is 10.7. The topological polar surface area (TPSA) is 52.6 Å². The van der Waals surface area contributed by atoms with Crippen molar-refractivity contribution in [1.29, 1.82) is 0 Å². The van der Waals surface area contributed by atoms with Gasteiger partial charge in [0, 0.05) is 6.04 Å². The van der Waals surface area contributed by atoms with Crippen molar-refractivity contribution in [2.75, 3.05) is 6.61 Å². The van der Waals surface area contributed by atoms with Gasteiger partial charge in [-0.3, -0.25) is 0 Å². The van der Waals surface area contributed by atoms with E-state index in [2.05, 4.69) is 13.8 Å². The van der Waals surface area contributed by atoms with Crippen molar-refractivity contribution in [3.8, 4) is 5.75 Å². The largest absolute Gasteiger partial charge is 0.488 e. The molecule has 0 aliphatic carbocycles. The molecule has 0 spiro atoms. The third kappa shape index (κ3) is 5.79. The van der Waals surface area contributed by atoms with Gasteiger partial charge in [-0.1, -0.05) is 39.0 Å². The summed E-state index contributed by atoms with van der Waals surface area (Å²) in [6.07, 6.45) is 1.27. The first kappa shape index (κ1) is 19.4. The molecule has 0 amide bonds. The normalized spacial score (nSPS) is 12.3. The number of benzene rings is 1. The first-order chi connectivity index (χ1) is 11.1. The highest BCUT2D eigenvalue weighted by Crippen LogP contribution is 2.26. The van der Waals surface area contributed by atoms with Gasteiger partial charge in [0.1, 0.15) is 24.6 Å². The zero-order valence-corrected chi connectivity index (χ0v) is 15.2. The zero-order chi connectivity index (χ0) is 17.1. The van der Waals surface area contributed by atoms with Crippen molar-refractivity contribution in [2.24, 2.45) is 0 Å². The van der Waals surface area contributed by atoms with E-state index in [-0.39, 0.29) is 12.7 Å². The van der Waals surface area contributed by atoms with Gasteiger partial charge in [-0.2, -0.15) is 0 Å². The van der Waals surface area contributed by atoms with Crippen LogP contribution in [0.15, 0.2) is 35.9 Å². The first-order valence-electron chi connectivity index (χ1n) is 8.17. The molecule has 1 atom stereocenters. The fraction of sp³-hybridized carbons (Fsp3) is 0.500. The number of hydrogen-bond acceptors (Lipinski definition) is 4. The highest BCUT2D eigenvalue weighted by Gasteiger charge is 2.34. The number of carbonyl (C=O) groups is 1. The molecule has 0 aliphatic heterocycles. The maximum absolute atomic E-state index is 11.4. The third-order valence-electron chi connectivity index (χ3n) is 4.16. The van der Waals surface area contributed by atoms with E-state index < -0.39 is 8.32 Å². The lowest BCUT2D eigenvalue weighted by molar-refractivity contribution is -0.106. The van der Waals surface area contributed by atoms with Crippen LogP contribution >= 0.6 is 0 Å². The highest BCUT2D eigenvalue weighted by atomic mass is 28.4. The van der Waals surface area contributed by atoms with E-state index in [9.17, 15) is 9.59 Å². The number of rotatable bonds is 11. The Hall–Kier alpha value is -1.68. The molecule has 1 unspecified atom stereocenters. The summed E-state index contributed by atoms with van der Waals surface area (Å²) >= 11 is 0.